The fourth-order valence-electron chi connectivity index (χ4n) is 5.36. The lowest BCUT2D eigenvalue weighted by Crippen LogP contribution is -2.52. The first kappa shape index (κ1) is 32.8. The van der Waals surface area contributed by atoms with Gasteiger partial charge in [-0.1, -0.05) is 74.5 Å². The summed E-state index contributed by atoms with van der Waals surface area (Å²) in [6, 6.07) is 19.5. The predicted molar refractivity (Wildman–Crippen MR) is 164 cm³/mol. The Labute approximate surface area is 259 Å². The van der Waals surface area contributed by atoms with Gasteiger partial charge in [0.1, 0.15) is 19.2 Å². The molecule has 3 amide bonds. The summed E-state index contributed by atoms with van der Waals surface area (Å²) in [7, 11) is 0. The van der Waals surface area contributed by atoms with E-state index in [4.69, 9.17) is 9.57 Å². The van der Waals surface area contributed by atoms with Gasteiger partial charge in [0, 0.05) is 13.0 Å². The molecular formula is C33H44N6O5. The molecular weight excluding hydrogens is 560 g/mol. The molecule has 44 heavy (non-hydrogen) atoms. The van der Waals surface area contributed by atoms with Crippen molar-refractivity contribution in [3.8, 4) is 0 Å². The molecule has 1 aliphatic heterocycles. The van der Waals surface area contributed by atoms with Crippen molar-refractivity contribution >= 4 is 17.7 Å². The zero-order valence-electron chi connectivity index (χ0n) is 25.6. The van der Waals surface area contributed by atoms with Crippen LogP contribution in [-0.4, -0.2) is 50.4 Å². The first-order chi connectivity index (χ1) is 21.4. The average Bonchev–Trinajstić information content (AvgIpc) is 3.55. The molecule has 1 aliphatic rings. The highest BCUT2D eigenvalue weighted by molar-refractivity contribution is 5.88. The van der Waals surface area contributed by atoms with Gasteiger partial charge in [-0.2, -0.15) is 5.10 Å². The Hall–Kier alpha value is -4.09. The SMILES string of the molecule is CC(C)C[C@@H](C(=O)NN(Cc1ccccc1)C(=O)Cn1cncn1)[C@H](CCCc1ccccc1)C(=O)NOC1CCCCO1. The summed E-state index contributed by atoms with van der Waals surface area (Å²) in [4.78, 5) is 50.8. The van der Waals surface area contributed by atoms with E-state index in [-0.39, 0.29) is 30.8 Å². The number of amides is 3. The Kier molecular flexibility index (Phi) is 12.9. The van der Waals surface area contributed by atoms with E-state index in [2.05, 4.69) is 33.1 Å². The highest BCUT2D eigenvalue weighted by atomic mass is 16.8. The molecule has 1 saturated heterocycles. The van der Waals surface area contributed by atoms with Crippen molar-refractivity contribution in [3.63, 3.8) is 0 Å². The van der Waals surface area contributed by atoms with E-state index in [0.29, 0.717) is 32.3 Å². The first-order valence-corrected chi connectivity index (χ1v) is 15.5. The van der Waals surface area contributed by atoms with Crippen LogP contribution in [-0.2, 0) is 43.5 Å². The molecule has 3 aromatic rings. The van der Waals surface area contributed by atoms with Gasteiger partial charge in [-0.3, -0.25) is 19.8 Å². The average molecular weight is 605 g/mol. The van der Waals surface area contributed by atoms with E-state index < -0.39 is 24.0 Å². The molecule has 236 valence electrons. The number of carbonyl (C=O) groups is 3. The number of ether oxygens (including phenoxy) is 1. The summed E-state index contributed by atoms with van der Waals surface area (Å²) in [5.41, 5.74) is 7.49. The molecule has 2 heterocycles. The molecule has 2 N–H and O–H groups in total. The molecule has 0 radical (unpaired) electrons. The lowest BCUT2D eigenvalue weighted by atomic mass is 9.81. The number of nitrogens with zero attached hydrogens (tertiary/aromatic N) is 4. The Morgan fingerprint density at radius 2 is 1.73 bits per heavy atom. The number of hydrazine groups is 1. The Balaban J connectivity index is 1.53. The maximum Gasteiger partial charge on any atom is 0.263 e. The van der Waals surface area contributed by atoms with Crippen molar-refractivity contribution in [3.05, 3.63) is 84.4 Å². The zero-order valence-corrected chi connectivity index (χ0v) is 25.6. The number of hydrogen-bond acceptors (Lipinski definition) is 7. The fourth-order valence-corrected chi connectivity index (χ4v) is 5.36. The highest BCUT2D eigenvalue weighted by Gasteiger charge is 2.36. The van der Waals surface area contributed by atoms with E-state index in [1.807, 2.05) is 62.4 Å². The van der Waals surface area contributed by atoms with Crippen LogP contribution in [0, 0.1) is 17.8 Å². The van der Waals surface area contributed by atoms with Crippen LogP contribution in [0.1, 0.15) is 63.5 Å². The van der Waals surface area contributed by atoms with Crippen LogP contribution in [0.15, 0.2) is 73.3 Å². The predicted octanol–water partition coefficient (Wildman–Crippen LogP) is 4.21. The summed E-state index contributed by atoms with van der Waals surface area (Å²) >= 11 is 0. The second-order valence-electron chi connectivity index (χ2n) is 11.6. The summed E-state index contributed by atoms with van der Waals surface area (Å²) < 4.78 is 7.03. The maximum atomic E-state index is 14.1. The molecule has 1 fully saturated rings. The third kappa shape index (κ3) is 10.6. The highest BCUT2D eigenvalue weighted by Crippen LogP contribution is 2.27. The number of benzene rings is 2. The van der Waals surface area contributed by atoms with Gasteiger partial charge in [-0.25, -0.2) is 25.0 Å². The number of carbonyl (C=O) groups excluding carboxylic acids is 3. The van der Waals surface area contributed by atoms with E-state index >= 15 is 0 Å². The van der Waals surface area contributed by atoms with Crippen molar-refractivity contribution in [1.29, 1.82) is 0 Å². The Bertz CT molecular complexity index is 1280. The van der Waals surface area contributed by atoms with Gasteiger partial charge in [-0.15, -0.1) is 0 Å². The number of hydrogen-bond donors (Lipinski definition) is 2. The van der Waals surface area contributed by atoms with Crippen LogP contribution in [0.25, 0.3) is 0 Å². The molecule has 1 unspecified atom stereocenters. The van der Waals surface area contributed by atoms with Crippen molar-refractivity contribution < 1.29 is 24.0 Å². The van der Waals surface area contributed by atoms with Crippen LogP contribution >= 0.6 is 0 Å². The maximum absolute atomic E-state index is 14.1. The second kappa shape index (κ2) is 17.3. The summed E-state index contributed by atoms with van der Waals surface area (Å²) in [5.74, 6) is -2.40. The largest absolute Gasteiger partial charge is 0.350 e. The minimum absolute atomic E-state index is 0.0990. The van der Waals surface area contributed by atoms with Gasteiger partial charge in [0.25, 0.3) is 5.91 Å². The lowest BCUT2D eigenvalue weighted by Gasteiger charge is -2.31. The Morgan fingerprint density at radius 3 is 2.36 bits per heavy atom. The smallest absolute Gasteiger partial charge is 0.263 e. The topological polar surface area (TPSA) is 128 Å². The summed E-state index contributed by atoms with van der Waals surface area (Å²) in [5, 5.41) is 5.34. The molecule has 0 spiro atoms. The van der Waals surface area contributed by atoms with Gasteiger partial charge < -0.3 is 4.74 Å². The molecule has 0 aliphatic carbocycles. The van der Waals surface area contributed by atoms with Crippen LogP contribution < -0.4 is 10.9 Å². The van der Waals surface area contributed by atoms with Crippen molar-refractivity contribution in [2.75, 3.05) is 6.61 Å². The molecule has 3 atom stereocenters. The van der Waals surface area contributed by atoms with E-state index in [1.54, 1.807) is 0 Å². The standard InChI is InChI=1S/C33H44N6O5/c1-25(2)20-29(32(41)36-39(21-27-14-7-4-8-15-27)30(40)22-38-24-34-23-35-38)28(17-11-16-26-12-5-3-6-13-26)33(42)37-44-31-18-9-10-19-43-31/h3-8,12-15,23-25,28-29,31H,9-11,16-22H2,1-2H3,(H,36,41)(H,37,42)/t28-,29+,31?/m0/s1. The third-order valence-corrected chi connectivity index (χ3v) is 7.63. The normalized spacial score (nSPS) is 16.2. The Morgan fingerprint density at radius 1 is 1.00 bits per heavy atom. The number of hydroxylamine groups is 1. The molecule has 11 heteroatoms. The number of nitrogens with one attached hydrogen (secondary N) is 2. The van der Waals surface area contributed by atoms with E-state index in [1.165, 1.54) is 22.3 Å². The van der Waals surface area contributed by atoms with Crippen LogP contribution in [0.2, 0.25) is 0 Å². The van der Waals surface area contributed by atoms with Gasteiger partial charge in [0.2, 0.25) is 11.8 Å². The fraction of sp³-hybridized carbons (Fsp3) is 0.485. The minimum Gasteiger partial charge on any atom is -0.350 e. The van der Waals surface area contributed by atoms with Gasteiger partial charge in [0.05, 0.1) is 18.4 Å². The molecule has 1 aromatic heterocycles. The van der Waals surface area contributed by atoms with Gasteiger partial charge in [-0.05, 0) is 55.6 Å². The molecule has 4 rings (SSSR count). The number of rotatable bonds is 15. The van der Waals surface area contributed by atoms with E-state index in [0.717, 1.165) is 30.4 Å². The van der Waals surface area contributed by atoms with Crippen LogP contribution in [0.4, 0.5) is 0 Å². The number of aryl methyl sites for hydroxylation is 1. The molecule has 11 nitrogen and oxygen atoms in total. The molecule has 0 saturated carbocycles. The lowest BCUT2D eigenvalue weighted by molar-refractivity contribution is -0.203. The van der Waals surface area contributed by atoms with Crippen LogP contribution in [0.3, 0.4) is 0 Å². The quantitative estimate of drug-likeness (QED) is 0.249. The second-order valence-corrected chi connectivity index (χ2v) is 11.6. The third-order valence-electron chi connectivity index (χ3n) is 7.63. The van der Waals surface area contributed by atoms with Crippen molar-refractivity contribution in [2.45, 2.75) is 78.2 Å². The molecule has 2 aromatic carbocycles. The van der Waals surface area contributed by atoms with Gasteiger partial charge >= 0.3 is 0 Å². The number of aromatic nitrogens is 3. The summed E-state index contributed by atoms with van der Waals surface area (Å²) in [6.07, 6.45) is 7.28. The molecule has 0 bridgehead atoms. The van der Waals surface area contributed by atoms with Crippen molar-refractivity contribution in [1.82, 2.24) is 30.7 Å². The first-order valence-electron chi connectivity index (χ1n) is 15.5. The van der Waals surface area contributed by atoms with Crippen molar-refractivity contribution in [2.24, 2.45) is 17.8 Å². The minimum atomic E-state index is -0.709. The van der Waals surface area contributed by atoms with Gasteiger partial charge in [0.15, 0.2) is 6.29 Å². The zero-order chi connectivity index (χ0) is 31.1. The summed E-state index contributed by atoms with van der Waals surface area (Å²) in [6.45, 7) is 4.67. The van der Waals surface area contributed by atoms with E-state index in [9.17, 15) is 14.4 Å². The monoisotopic (exact) mass is 604 g/mol. The van der Waals surface area contributed by atoms with Crippen LogP contribution in [0.5, 0.6) is 0 Å².